The Morgan fingerprint density at radius 1 is 1.21 bits per heavy atom. The molecule has 1 heterocycles. The lowest BCUT2D eigenvalue weighted by molar-refractivity contribution is -0.115. The molecule has 0 aliphatic carbocycles. The lowest BCUT2D eigenvalue weighted by Gasteiger charge is -2.23. The van der Waals surface area contributed by atoms with Gasteiger partial charge in [0.05, 0.1) is 15.8 Å². The summed E-state index contributed by atoms with van der Waals surface area (Å²) in [7, 11) is -3.83. The first-order chi connectivity index (χ1) is 11.4. The second-order valence-electron chi connectivity index (χ2n) is 5.27. The standard InChI is InChI=1S/C16H15FN2O3S2/c1-2-14-16(20)18-13-9-12(7-8-15(13)23-14)24(21,22)19-11-5-3-10(17)4-6-11/h3-9,14,19H,2H2,1H3,(H,18,20)/t14-/m1/s1. The summed E-state index contributed by atoms with van der Waals surface area (Å²) in [6.45, 7) is 1.92. The van der Waals surface area contributed by atoms with E-state index in [2.05, 4.69) is 10.0 Å². The number of sulfonamides is 1. The highest BCUT2D eigenvalue weighted by Crippen LogP contribution is 2.38. The van der Waals surface area contributed by atoms with Crippen LogP contribution < -0.4 is 10.0 Å². The quantitative estimate of drug-likeness (QED) is 0.869. The SMILES string of the molecule is CC[C@H]1Sc2ccc(S(=O)(=O)Nc3ccc(F)cc3)cc2NC1=O. The molecular formula is C16H15FN2O3S2. The van der Waals surface area contributed by atoms with E-state index in [1.54, 1.807) is 6.07 Å². The zero-order valence-electron chi connectivity index (χ0n) is 12.7. The summed E-state index contributed by atoms with van der Waals surface area (Å²) in [6.07, 6.45) is 0.697. The Bertz CT molecular complexity index is 883. The van der Waals surface area contributed by atoms with Crippen molar-refractivity contribution < 1.29 is 17.6 Å². The molecule has 0 fully saturated rings. The molecule has 0 aromatic heterocycles. The van der Waals surface area contributed by atoms with E-state index in [1.165, 1.54) is 48.2 Å². The molecule has 0 radical (unpaired) electrons. The van der Waals surface area contributed by atoms with Gasteiger partial charge in [-0.15, -0.1) is 11.8 Å². The minimum Gasteiger partial charge on any atom is -0.324 e. The minimum absolute atomic E-state index is 0.0291. The third-order valence-electron chi connectivity index (χ3n) is 3.55. The van der Waals surface area contributed by atoms with Crippen molar-refractivity contribution in [3.8, 4) is 0 Å². The first-order valence-electron chi connectivity index (χ1n) is 7.29. The van der Waals surface area contributed by atoms with Gasteiger partial charge in [-0.2, -0.15) is 0 Å². The van der Waals surface area contributed by atoms with Crippen LogP contribution >= 0.6 is 11.8 Å². The van der Waals surface area contributed by atoms with Gasteiger partial charge >= 0.3 is 0 Å². The van der Waals surface area contributed by atoms with Crippen molar-refractivity contribution in [3.05, 3.63) is 48.3 Å². The highest BCUT2D eigenvalue weighted by Gasteiger charge is 2.27. The first kappa shape index (κ1) is 16.8. The number of anilines is 2. The third-order valence-corrected chi connectivity index (χ3v) is 6.37. The van der Waals surface area contributed by atoms with E-state index in [4.69, 9.17) is 0 Å². The van der Waals surface area contributed by atoms with Crippen molar-refractivity contribution in [2.75, 3.05) is 10.0 Å². The molecule has 2 aromatic rings. The Labute approximate surface area is 143 Å². The summed E-state index contributed by atoms with van der Waals surface area (Å²) < 4.78 is 40.2. The summed E-state index contributed by atoms with van der Waals surface area (Å²) in [5.74, 6) is -0.576. The van der Waals surface area contributed by atoms with Crippen LogP contribution in [0.3, 0.4) is 0 Å². The molecule has 2 aromatic carbocycles. The Kier molecular flexibility index (Phi) is 4.51. The number of benzene rings is 2. The molecule has 8 heteroatoms. The Hall–Kier alpha value is -2.06. The van der Waals surface area contributed by atoms with Crippen molar-refractivity contribution in [2.45, 2.75) is 28.4 Å². The molecule has 5 nitrogen and oxygen atoms in total. The number of hydrogen-bond acceptors (Lipinski definition) is 4. The van der Waals surface area contributed by atoms with Gasteiger partial charge in [0.1, 0.15) is 5.82 Å². The summed E-state index contributed by atoms with van der Waals surface area (Å²) in [6, 6.07) is 9.63. The fraction of sp³-hybridized carbons (Fsp3) is 0.188. The largest absolute Gasteiger partial charge is 0.324 e. The zero-order valence-corrected chi connectivity index (χ0v) is 14.4. The van der Waals surface area contributed by atoms with E-state index in [-0.39, 0.29) is 21.7 Å². The number of rotatable bonds is 4. The summed E-state index contributed by atoms with van der Waals surface area (Å²) in [5, 5.41) is 2.57. The second-order valence-corrected chi connectivity index (χ2v) is 8.20. The number of halogens is 1. The predicted octanol–water partition coefficient (Wildman–Crippen LogP) is 3.45. The summed E-state index contributed by atoms with van der Waals surface area (Å²) in [4.78, 5) is 12.8. The molecule has 1 aliphatic heterocycles. The van der Waals surface area contributed by atoms with E-state index in [1.807, 2.05) is 6.92 Å². The lowest BCUT2D eigenvalue weighted by Crippen LogP contribution is -2.28. The van der Waals surface area contributed by atoms with Crippen LogP contribution in [0.25, 0.3) is 0 Å². The molecule has 0 saturated carbocycles. The minimum atomic E-state index is -3.83. The molecule has 1 aliphatic rings. The van der Waals surface area contributed by atoms with Crippen molar-refractivity contribution >= 4 is 39.1 Å². The lowest BCUT2D eigenvalue weighted by atomic mass is 10.2. The van der Waals surface area contributed by atoms with E-state index in [0.29, 0.717) is 12.1 Å². The molecule has 1 amide bonds. The Morgan fingerprint density at radius 3 is 2.58 bits per heavy atom. The molecule has 24 heavy (non-hydrogen) atoms. The molecule has 2 N–H and O–H groups in total. The molecule has 1 atom stereocenters. The number of thioether (sulfide) groups is 1. The topological polar surface area (TPSA) is 75.3 Å². The van der Waals surface area contributed by atoms with Crippen molar-refractivity contribution in [1.82, 2.24) is 0 Å². The number of carbonyl (C=O) groups excluding carboxylic acids is 1. The maximum Gasteiger partial charge on any atom is 0.261 e. The summed E-state index contributed by atoms with van der Waals surface area (Å²) in [5.41, 5.74) is 0.746. The predicted molar refractivity (Wildman–Crippen MR) is 92.2 cm³/mol. The smallest absolute Gasteiger partial charge is 0.261 e. The number of fused-ring (bicyclic) bond motifs is 1. The van der Waals surface area contributed by atoms with Gasteiger partial charge in [0.15, 0.2) is 0 Å². The zero-order chi connectivity index (χ0) is 17.3. The summed E-state index contributed by atoms with van der Waals surface area (Å²) >= 11 is 1.42. The van der Waals surface area contributed by atoms with E-state index >= 15 is 0 Å². The molecule has 0 unspecified atom stereocenters. The third kappa shape index (κ3) is 3.39. The van der Waals surface area contributed by atoms with Crippen LogP contribution in [0.15, 0.2) is 52.3 Å². The highest BCUT2D eigenvalue weighted by atomic mass is 32.2. The fourth-order valence-corrected chi connectivity index (χ4v) is 4.40. The highest BCUT2D eigenvalue weighted by molar-refractivity contribution is 8.01. The number of nitrogens with one attached hydrogen (secondary N) is 2. The van der Waals surface area contributed by atoms with Gasteiger partial charge in [0.25, 0.3) is 10.0 Å². The fourth-order valence-electron chi connectivity index (χ4n) is 2.30. The number of hydrogen-bond donors (Lipinski definition) is 2. The maximum atomic E-state index is 12.9. The molecule has 0 bridgehead atoms. The van der Waals surface area contributed by atoms with E-state index in [9.17, 15) is 17.6 Å². The van der Waals surface area contributed by atoms with Gasteiger partial charge in [0.2, 0.25) is 5.91 Å². The van der Waals surface area contributed by atoms with Gasteiger partial charge in [-0.1, -0.05) is 6.92 Å². The van der Waals surface area contributed by atoms with E-state index < -0.39 is 15.8 Å². The van der Waals surface area contributed by atoms with Crippen LogP contribution in [0.4, 0.5) is 15.8 Å². The monoisotopic (exact) mass is 366 g/mol. The van der Waals surface area contributed by atoms with Crippen LogP contribution in [0.2, 0.25) is 0 Å². The average Bonchev–Trinajstić information content (AvgIpc) is 2.55. The Balaban J connectivity index is 1.88. The Morgan fingerprint density at radius 2 is 1.92 bits per heavy atom. The molecule has 0 spiro atoms. The first-order valence-corrected chi connectivity index (χ1v) is 9.65. The van der Waals surface area contributed by atoms with Crippen LogP contribution in [0.1, 0.15) is 13.3 Å². The second kappa shape index (κ2) is 6.45. The van der Waals surface area contributed by atoms with Crippen LogP contribution in [0.5, 0.6) is 0 Å². The van der Waals surface area contributed by atoms with Gasteiger partial charge in [-0.3, -0.25) is 9.52 Å². The van der Waals surface area contributed by atoms with E-state index in [0.717, 1.165) is 4.90 Å². The average molecular weight is 366 g/mol. The molecule has 126 valence electrons. The molecule has 0 saturated heterocycles. The van der Waals surface area contributed by atoms with Crippen molar-refractivity contribution in [2.24, 2.45) is 0 Å². The molecular weight excluding hydrogens is 351 g/mol. The molecule has 3 rings (SSSR count). The van der Waals surface area contributed by atoms with Gasteiger partial charge in [0, 0.05) is 10.6 Å². The number of carbonyl (C=O) groups is 1. The van der Waals surface area contributed by atoms with Gasteiger partial charge in [-0.05, 0) is 48.9 Å². The van der Waals surface area contributed by atoms with Gasteiger partial charge in [-0.25, -0.2) is 12.8 Å². The number of amides is 1. The van der Waals surface area contributed by atoms with Crippen LogP contribution in [0, 0.1) is 5.82 Å². The normalized spacial score (nSPS) is 17.1. The van der Waals surface area contributed by atoms with Gasteiger partial charge < -0.3 is 5.32 Å². The van der Waals surface area contributed by atoms with Crippen molar-refractivity contribution in [3.63, 3.8) is 0 Å². The van der Waals surface area contributed by atoms with Crippen molar-refractivity contribution in [1.29, 1.82) is 0 Å². The van der Waals surface area contributed by atoms with Crippen LogP contribution in [-0.2, 0) is 14.8 Å². The van der Waals surface area contributed by atoms with Crippen LogP contribution in [-0.4, -0.2) is 19.6 Å². The maximum absolute atomic E-state index is 12.9.